The number of aliphatic carboxylic acids is 2. The Labute approximate surface area is 131 Å². The zero-order valence-corrected chi connectivity index (χ0v) is 12.3. The van der Waals surface area contributed by atoms with Gasteiger partial charge in [0.1, 0.15) is 0 Å². The lowest BCUT2D eigenvalue weighted by molar-refractivity contribution is -0.168. The molecule has 0 aromatic heterocycles. The first-order chi connectivity index (χ1) is 10.9. The van der Waals surface area contributed by atoms with Crippen LogP contribution < -0.4 is 0 Å². The van der Waals surface area contributed by atoms with Crippen molar-refractivity contribution >= 4 is 24.1 Å². The van der Waals surface area contributed by atoms with Gasteiger partial charge in [-0.05, 0) is 25.2 Å². The molecule has 0 amide bonds. The molecule has 23 heavy (non-hydrogen) atoms. The normalized spacial score (nSPS) is 33.7. The molecule has 0 spiro atoms. The second-order valence-electron chi connectivity index (χ2n) is 5.92. The van der Waals surface area contributed by atoms with E-state index in [0.717, 1.165) is 0 Å². The third-order valence-corrected chi connectivity index (χ3v) is 5.17. The molecule has 4 unspecified atom stereocenters. The Morgan fingerprint density at radius 1 is 1.13 bits per heavy atom. The molecule has 8 heteroatoms. The molecular weight excluding hydrogens is 304 g/mol. The number of hydrogen-bond donors (Lipinski definition) is 2. The summed E-state index contributed by atoms with van der Waals surface area (Å²) in [6.07, 6.45) is 6.74. The van der Waals surface area contributed by atoms with Gasteiger partial charge < -0.3 is 10.2 Å². The zero-order chi connectivity index (χ0) is 17.1. The Balaban J connectivity index is 2.50. The predicted octanol–water partition coefficient (Wildman–Crippen LogP) is 0.786. The van der Waals surface area contributed by atoms with Crippen molar-refractivity contribution in [2.24, 2.45) is 32.7 Å². The van der Waals surface area contributed by atoms with Crippen LogP contribution in [-0.4, -0.2) is 47.4 Å². The van der Waals surface area contributed by atoms with Crippen molar-refractivity contribution in [3.8, 4) is 0 Å². The lowest BCUT2D eigenvalue weighted by atomic mass is 9.57. The van der Waals surface area contributed by atoms with Gasteiger partial charge in [0.2, 0.25) is 12.2 Å². The van der Waals surface area contributed by atoms with Crippen molar-refractivity contribution in [2.75, 3.05) is 13.1 Å². The fraction of sp³-hybridized carbons (Fsp3) is 0.600. The van der Waals surface area contributed by atoms with Crippen LogP contribution in [0.25, 0.3) is 0 Å². The number of rotatable bonds is 8. The fourth-order valence-electron chi connectivity index (χ4n) is 4.34. The summed E-state index contributed by atoms with van der Waals surface area (Å²) in [6.45, 7) is -0.0439. The molecule has 8 nitrogen and oxygen atoms in total. The molecule has 0 aromatic carbocycles. The monoisotopic (exact) mass is 320 g/mol. The summed E-state index contributed by atoms with van der Waals surface area (Å²) < 4.78 is 0. The Bertz CT molecular complexity index is 646. The van der Waals surface area contributed by atoms with E-state index >= 15 is 0 Å². The number of allylic oxidation sites excluding steroid dienone is 2. The summed E-state index contributed by atoms with van der Waals surface area (Å²) >= 11 is 0. The van der Waals surface area contributed by atoms with Crippen LogP contribution in [0.5, 0.6) is 0 Å². The molecule has 4 atom stereocenters. The first-order valence-electron chi connectivity index (χ1n) is 7.18. The summed E-state index contributed by atoms with van der Waals surface area (Å²) in [5.41, 5.74) is -2.51. The van der Waals surface area contributed by atoms with Crippen molar-refractivity contribution in [3.63, 3.8) is 0 Å². The van der Waals surface area contributed by atoms with E-state index in [2.05, 4.69) is 9.98 Å². The molecule has 0 heterocycles. The minimum atomic E-state index is -1.59. The molecule has 1 saturated carbocycles. The smallest absolute Gasteiger partial charge is 0.311 e. The van der Waals surface area contributed by atoms with Crippen LogP contribution in [0.4, 0.5) is 0 Å². The predicted molar refractivity (Wildman–Crippen MR) is 76.1 cm³/mol. The summed E-state index contributed by atoms with van der Waals surface area (Å²) in [5.74, 6) is -3.92. The SMILES string of the molecule is O=C=NCCC12C=CC(C1)C(C(=O)O)C2(CCN=C=O)C(=O)O. The first-order valence-corrected chi connectivity index (χ1v) is 7.18. The lowest BCUT2D eigenvalue weighted by Crippen LogP contribution is -2.51. The van der Waals surface area contributed by atoms with E-state index in [0.29, 0.717) is 6.42 Å². The van der Waals surface area contributed by atoms with Gasteiger partial charge in [-0.2, -0.15) is 0 Å². The second-order valence-corrected chi connectivity index (χ2v) is 5.92. The number of aliphatic imine (C=N–C) groups is 2. The third-order valence-electron chi connectivity index (χ3n) is 5.17. The Morgan fingerprint density at radius 3 is 2.26 bits per heavy atom. The number of carboxylic acids is 2. The topological polar surface area (TPSA) is 133 Å². The Hall–Kier alpha value is -2.56. The maximum atomic E-state index is 12.1. The summed E-state index contributed by atoms with van der Waals surface area (Å²) in [4.78, 5) is 51.3. The average molecular weight is 320 g/mol. The maximum absolute atomic E-state index is 12.1. The molecular formula is C15H16N2O6. The van der Waals surface area contributed by atoms with Crippen LogP contribution in [0, 0.1) is 22.7 Å². The van der Waals surface area contributed by atoms with Crippen LogP contribution in [0.2, 0.25) is 0 Å². The van der Waals surface area contributed by atoms with E-state index in [4.69, 9.17) is 0 Å². The van der Waals surface area contributed by atoms with Gasteiger partial charge in [0, 0.05) is 5.41 Å². The highest BCUT2D eigenvalue weighted by molar-refractivity contribution is 5.87. The molecule has 2 N–H and O–H groups in total. The van der Waals surface area contributed by atoms with E-state index in [1.54, 1.807) is 12.2 Å². The van der Waals surface area contributed by atoms with Gasteiger partial charge >= 0.3 is 11.9 Å². The van der Waals surface area contributed by atoms with E-state index in [9.17, 15) is 29.4 Å². The van der Waals surface area contributed by atoms with Gasteiger partial charge in [0.25, 0.3) is 0 Å². The molecule has 2 rings (SSSR count). The molecule has 1 fully saturated rings. The van der Waals surface area contributed by atoms with Gasteiger partial charge in [0.05, 0.1) is 24.4 Å². The number of hydrogen-bond acceptors (Lipinski definition) is 6. The van der Waals surface area contributed by atoms with Crippen LogP contribution in [0.15, 0.2) is 22.1 Å². The van der Waals surface area contributed by atoms with Crippen LogP contribution >= 0.6 is 0 Å². The van der Waals surface area contributed by atoms with Crippen molar-refractivity contribution in [3.05, 3.63) is 12.2 Å². The first kappa shape index (κ1) is 16.8. The fourth-order valence-corrected chi connectivity index (χ4v) is 4.34. The second kappa shape index (κ2) is 6.28. The van der Waals surface area contributed by atoms with Gasteiger partial charge in [-0.3, -0.25) is 9.59 Å². The quantitative estimate of drug-likeness (QED) is 0.386. The molecule has 0 saturated heterocycles. The third kappa shape index (κ3) is 2.42. The maximum Gasteiger partial charge on any atom is 0.311 e. The molecule has 0 aliphatic heterocycles. The molecule has 122 valence electrons. The summed E-state index contributed by atoms with van der Waals surface area (Å²) in [6, 6.07) is 0. The number of isocyanates is 2. The van der Waals surface area contributed by atoms with E-state index < -0.39 is 34.6 Å². The highest BCUT2D eigenvalue weighted by atomic mass is 16.4. The minimum absolute atomic E-state index is 0.0683. The van der Waals surface area contributed by atoms with E-state index in [1.165, 1.54) is 12.2 Å². The largest absolute Gasteiger partial charge is 0.481 e. The highest BCUT2D eigenvalue weighted by Gasteiger charge is 2.70. The molecule has 0 aromatic rings. The molecule has 2 aliphatic rings. The number of carbonyl (C=O) groups is 2. The van der Waals surface area contributed by atoms with Crippen molar-refractivity contribution in [1.82, 2.24) is 0 Å². The number of fused-ring (bicyclic) bond motifs is 2. The highest BCUT2D eigenvalue weighted by Crippen LogP contribution is 2.67. The van der Waals surface area contributed by atoms with Gasteiger partial charge in [0.15, 0.2) is 0 Å². The Kier molecular flexibility index (Phi) is 4.59. The minimum Gasteiger partial charge on any atom is -0.481 e. The van der Waals surface area contributed by atoms with Crippen molar-refractivity contribution in [1.29, 1.82) is 0 Å². The zero-order valence-electron chi connectivity index (χ0n) is 12.3. The molecule has 0 radical (unpaired) electrons. The van der Waals surface area contributed by atoms with Crippen molar-refractivity contribution < 1.29 is 29.4 Å². The Morgan fingerprint density at radius 2 is 1.74 bits per heavy atom. The van der Waals surface area contributed by atoms with Crippen LogP contribution in [0.3, 0.4) is 0 Å². The van der Waals surface area contributed by atoms with E-state index in [1.807, 2.05) is 0 Å². The molecule has 2 aliphatic carbocycles. The average Bonchev–Trinajstić information content (AvgIpc) is 3.02. The van der Waals surface area contributed by atoms with Crippen LogP contribution in [-0.2, 0) is 19.2 Å². The van der Waals surface area contributed by atoms with Gasteiger partial charge in [-0.15, -0.1) is 0 Å². The van der Waals surface area contributed by atoms with Gasteiger partial charge in [-0.25, -0.2) is 19.6 Å². The number of carboxylic acid groups (broad SMARTS) is 2. The van der Waals surface area contributed by atoms with Gasteiger partial charge in [-0.1, -0.05) is 12.2 Å². The van der Waals surface area contributed by atoms with E-state index in [-0.39, 0.29) is 25.9 Å². The number of carbonyl (C=O) groups excluding carboxylic acids is 2. The lowest BCUT2D eigenvalue weighted by Gasteiger charge is -2.44. The van der Waals surface area contributed by atoms with Crippen LogP contribution in [0.1, 0.15) is 19.3 Å². The van der Waals surface area contributed by atoms with Crippen molar-refractivity contribution in [2.45, 2.75) is 19.3 Å². The molecule has 2 bridgehead atoms. The summed E-state index contributed by atoms with van der Waals surface area (Å²) in [5, 5.41) is 19.5. The number of nitrogens with zero attached hydrogens (tertiary/aromatic N) is 2. The summed E-state index contributed by atoms with van der Waals surface area (Å²) in [7, 11) is 0. The standard InChI is InChI=1S/C15H16N2O6/c18-8-16-5-3-14-2-1-10(7-14)11(12(20)21)15(14,13(22)23)4-6-17-9-19/h1-2,10-11H,3-7H2,(H,20,21)(H,22,23).